The molecule has 2 aliphatic rings. The molecule has 0 bridgehead atoms. The lowest BCUT2D eigenvalue weighted by Gasteiger charge is -2.37. The summed E-state index contributed by atoms with van der Waals surface area (Å²) in [7, 11) is 0. The van der Waals surface area contributed by atoms with Gasteiger partial charge in [-0.05, 0) is 101 Å². The van der Waals surface area contributed by atoms with Crippen molar-refractivity contribution in [1.82, 2.24) is 0 Å². The number of rotatable bonds is 8. The number of hydrogen-bond acceptors (Lipinski definition) is 0. The molecule has 0 aromatic heterocycles. The highest BCUT2D eigenvalue weighted by atomic mass is 14.5. The average molecular weight is 763 g/mol. The van der Waals surface area contributed by atoms with Gasteiger partial charge in [-0.25, -0.2) is 0 Å². The molecule has 282 valence electrons. The van der Waals surface area contributed by atoms with Crippen LogP contribution in [0.5, 0.6) is 0 Å². The fourth-order valence-electron chi connectivity index (χ4n) is 10.6. The molecule has 60 heavy (non-hydrogen) atoms. The number of fused-ring (bicyclic) bond motifs is 2. The highest BCUT2D eigenvalue weighted by molar-refractivity contribution is 6.15. The second kappa shape index (κ2) is 14.7. The molecule has 0 amide bonds. The molecule has 0 heterocycles. The van der Waals surface area contributed by atoms with E-state index in [1.54, 1.807) is 0 Å². The Hall–Kier alpha value is -7.54. The standard InChI is InChI=1S/C60H42/c1-9-25-43(26-10-1)55-51-41-54-52(42-53(51)59(47-33-17-5-18-34-47,48-35-19-6-20-36-48)57(55)45-29-13-3-14-30-45)56(44-27-11-2-12-28-44)58(46-31-15-4-16-32-46)60(54,49-37-21-7-22-38-49)50-39-23-8-24-40-50/h1-42H. The van der Waals surface area contributed by atoms with Crippen molar-refractivity contribution in [3.05, 3.63) is 322 Å². The van der Waals surface area contributed by atoms with Gasteiger partial charge in [0, 0.05) is 0 Å². The van der Waals surface area contributed by atoms with E-state index in [2.05, 4.69) is 255 Å². The molecule has 9 aromatic rings. The van der Waals surface area contributed by atoms with Crippen LogP contribution in [0.4, 0.5) is 0 Å². The van der Waals surface area contributed by atoms with Crippen LogP contribution in [-0.2, 0) is 10.8 Å². The molecule has 0 unspecified atom stereocenters. The van der Waals surface area contributed by atoms with Crippen molar-refractivity contribution in [1.29, 1.82) is 0 Å². The summed E-state index contributed by atoms with van der Waals surface area (Å²) >= 11 is 0. The van der Waals surface area contributed by atoms with Crippen LogP contribution in [0, 0.1) is 0 Å². The molecule has 2 aliphatic carbocycles. The Labute approximate surface area is 353 Å². The minimum absolute atomic E-state index is 0.654. The normalized spacial score (nSPS) is 14.8. The predicted molar refractivity (Wildman–Crippen MR) is 250 cm³/mol. The maximum atomic E-state index is 2.60. The van der Waals surface area contributed by atoms with Crippen molar-refractivity contribution in [2.45, 2.75) is 10.8 Å². The molecule has 0 fully saturated rings. The van der Waals surface area contributed by atoms with Crippen LogP contribution in [-0.4, -0.2) is 0 Å². The summed E-state index contributed by atoms with van der Waals surface area (Å²) in [5.74, 6) is 0. The minimum atomic E-state index is -0.654. The van der Waals surface area contributed by atoms with E-state index in [0.717, 1.165) is 0 Å². The summed E-state index contributed by atoms with van der Waals surface area (Å²) in [5.41, 5.74) is 18.7. The van der Waals surface area contributed by atoms with E-state index >= 15 is 0 Å². The number of allylic oxidation sites excluding steroid dienone is 2. The summed E-state index contributed by atoms with van der Waals surface area (Å²) in [4.78, 5) is 0. The van der Waals surface area contributed by atoms with Crippen molar-refractivity contribution in [3.63, 3.8) is 0 Å². The first-order chi connectivity index (χ1) is 29.8. The molecular weight excluding hydrogens is 721 g/mol. The average Bonchev–Trinajstić information content (AvgIpc) is 3.81. The number of benzene rings is 9. The van der Waals surface area contributed by atoms with Gasteiger partial charge in [-0.3, -0.25) is 0 Å². The number of hydrogen-bond donors (Lipinski definition) is 0. The van der Waals surface area contributed by atoms with Crippen molar-refractivity contribution >= 4 is 22.3 Å². The van der Waals surface area contributed by atoms with Crippen LogP contribution >= 0.6 is 0 Å². The first-order valence-corrected chi connectivity index (χ1v) is 20.9. The quantitative estimate of drug-likeness (QED) is 0.145. The fraction of sp³-hybridized carbons (Fsp3) is 0.0333. The maximum Gasteiger partial charge on any atom is 0.0719 e. The summed E-state index contributed by atoms with van der Waals surface area (Å²) < 4.78 is 0. The fourth-order valence-corrected chi connectivity index (χ4v) is 10.6. The van der Waals surface area contributed by atoms with Crippen LogP contribution in [0.2, 0.25) is 0 Å². The molecule has 0 saturated heterocycles. The summed E-state index contributed by atoms with van der Waals surface area (Å²) in [6.45, 7) is 0. The Morgan fingerprint density at radius 3 is 0.683 bits per heavy atom. The molecule has 9 aromatic carbocycles. The molecule has 11 rings (SSSR count). The van der Waals surface area contributed by atoms with Crippen molar-refractivity contribution in [2.24, 2.45) is 0 Å². The Bertz CT molecular complexity index is 2710. The van der Waals surface area contributed by atoms with Gasteiger partial charge in [0.1, 0.15) is 0 Å². The van der Waals surface area contributed by atoms with Gasteiger partial charge in [0.2, 0.25) is 0 Å². The largest absolute Gasteiger partial charge is 0.0719 e. The van der Waals surface area contributed by atoms with E-state index in [-0.39, 0.29) is 0 Å². The summed E-state index contributed by atoms with van der Waals surface area (Å²) in [6.07, 6.45) is 0. The Balaban J connectivity index is 1.39. The molecule has 0 atom stereocenters. The van der Waals surface area contributed by atoms with E-state index in [9.17, 15) is 0 Å². The third kappa shape index (κ3) is 5.31. The zero-order chi connectivity index (χ0) is 39.9. The molecule has 0 heteroatoms. The first kappa shape index (κ1) is 35.6. The minimum Gasteiger partial charge on any atom is -0.0622 e. The van der Waals surface area contributed by atoms with Gasteiger partial charge in [-0.2, -0.15) is 0 Å². The third-order valence-corrected chi connectivity index (χ3v) is 12.8. The zero-order valence-corrected chi connectivity index (χ0v) is 33.2. The Kier molecular flexibility index (Phi) is 8.72. The first-order valence-electron chi connectivity index (χ1n) is 20.9. The van der Waals surface area contributed by atoms with Gasteiger partial charge in [-0.15, -0.1) is 0 Å². The van der Waals surface area contributed by atoms with Gasteiger partial charge < -0.3 is 0 Å². The molecular formula is C60H42. The smallest absolute Gasteiger partial charge is 0.0622 e. The van der Waals surface area contributed by atoms with Gasteiger partial charge in [0.05, 0.1) is 10.8 Å². The van der Waals surface area contributed by atoms with Crippen LogP contribution in [0.15, 0.2) is 255 Å². The van der Waals surface area contributed by atoms with E-state index < -0.39 is 10.8 Å². The van der Waals surface area contributed by atoms with Gasteiger partial charge in [-0.1, -0.05) is 243 Å². The monoisotopic (exact) mass is 762 g/mol. The third-order valence-electron chi connectivity index (χ3n) is 12.8. The van der Waals surface area contributed by atoms with E-state index in [0.29, 0.717) is 0 Å². The Morgan fingerprint density at radius 1 is 0.217 bits per heavy atom. The summed E-state index contributed by atoms with van der Waals surface area (Å²) in [6, 6.07) is 94.5. The molecule has 0 spiro atoms. The molecule has 0 nitrogen and oxygen atoms in total. The Morgan fingerprint density at radius 2 is 0.433 bits per heavy atom. The van der Waals surface area contributed by atoms with Crippen molar-refractivity contribution < 1.29 is 0 Å². The predicted octanol–water partition coefficient (Wildman–Crippen LogP) is 14.3. The molecule has 0 aliphatic heterocycles. The molecule has 0 radical (unpaired) electrons. The second-order valence-corrected chi connectivity index (χ2v) is 15.9. The van der Waals surface area contributed by atoms with Crippen LogP contribution in [0.1, 0.15) is 66.8 Å². The highest BCUT2D eigenvalue weighted by Crippen LogP contribution is 2.65. The van der Waals surface area contributed by atoms with Gasteiger partial charge in [0.25, 0.3) is 0 Å². The maximum absolute atomic E-state index is 2.60. The lowest BCUT2D eigenvalue weighted by molar-refractivity contribution is 0.797. The SMILES string of the molecule is c1ccc(C2=C(c3ccccc3)C(c3ccccc3)(c3ccccc3)c3cc4c(cc32)C(c2ccccc2)(c2ccccc2)C(c2ccccc2)=C4c2ccccc2)cc1. The van der Waals surface area contributed by atoms with E-state index in [1.165, 1.54) is 89.1 Å². The summed E-state index contributed by atoms with van der Waals surface area (Å²) in [5, 5.41) is 0. The van der Waals surface area contributed by atoms with Crippen LogP contribution in [0.25, 0.3) is 22.3 Å². The van der Waals surface area contributed by atoms with Crippen LogP contribution in [0.3, 0.4) is 0 Å². The topological polar surface area (TPSA) is 0 Å². The molecule has 0 N–H and O–H groups in total. The lowest BCUT2D eigenvalue weighted by Crippen LogP contribution is -2.31. The van der Waals surface area contributed by atoms with Gasteiger partial charge >= 0.3 is 0 Å². The van der Waals surface area contributed by atoms with Crippen molar-refractivity contribution in [2.75, 3.05) is 0 Å². The van der Waals surface area contributed by atoms with E-state index in [1.807, 2.05) is 0 Å². The van der Waals surface area contributed by atoms with Gasteiger partial charge in [0.15, 0.2) is 0 Å². The highest BCUT2D eigenvalue weighted by Gasteiger charge is 2.53. The zero-order valence-electron chi connectivity index (χ0n) is 33.2. The lowest BCUT2D eigenvalue weighted by atomic mass is 9.63. The van der Waals surface area contributed by atoms with E-state index in [4.69, 9.17) is 0 Å². The molecule has 0 saturated carbocycles. The van der Waals surface area contributed by atoms with Crippen LogP contribution < -0.4 is 0 Å². The van der Waals surface area contributed by atoms with Crippen molar-refractivity contribution in [3.8, 4) is 0 Å². The second-order valence-electron chi connectivity index (χ2n) is 15.9.